The first kappa shape index (κ1) is 18.7. The average Bonchev–Trinajstić information content (AvgIpc) is 2.44. The van der Waals surface area contributed by atoms with Gasteiger partial charge in [-0.05, 0) is 13.0 Å². The number of hydrogen-bond acceptors (Lipinski definition) is 2. The zero-order valence-electron chi connectivity index (χ0n) is 10.6. The first-order chi connectivity index (χ1) is 6.47. The third-order valence-corrected chi connectivity index (χ3v) is 3.63. The molecule has 0 saturated heterocycles. The maximum Gasteiger partial charge on any atom is 0.178 e. The molecule has 0 saturated carbocycles. The maximum atomic E-state index is 5.54. The Balaban J connectivity index is 0. The normalized spacial score (nSPS) is 10.5. The second kappa shape index (κ2) is 8.40. The van der Waals surface area contributed by atoms with Crippen LogP contribution in [0.25, 0.3) is 0 Å². The van der Waals surface area contributed by atoms with Gasteiger partial charge >= 0.3 is 0 Å². The molecule has 16 heavy (non-hydrogen) atoms. The summed E-state index contributed by atoms with van der Waals surface area (Å²) >= 11 is 0. The Morgan fingerprint density at radius 1 is 1.44 bits per heavy atom. The van der Waals surface area contributed by atoms with E-state index < -0.39 is 8.07 Å². The topological polar surface area (TPSA) is 27.1 Å². The van der Waals surface area contributed by atoms with E-state index in [1.807, 2.05) is 17.7 Å². The van der Waals surface area contributed by atoms with E-state index in [-0.39, 0.29) is 31.9 Å². The van der Waals surface area contributed by atoms with Crippen LogP contribution in [0.15, 0.2) is 6.20 Å². The van der Waals surface area contributed by atoms with E-state index in [9.17, 15) is 0 Å². The van der Waals surface area contributed by atoms with Crippen LogP contribution in [0.4, 0.5) is 0 Å². The predicted molar refractivity (Wildman–Crippen MR) is 59.9 cm³/mol. The van der Waals surface area contributed by atoms with Gasteiger partial charge in [0.05, 0.1) is 5.69 Å². The molecule has 0 unspecified atom stereocenters. The van der Waals surface area contributed by atoms with Crippen molar-refractivity contribution < 1.29 is 36.6 Å². The van der Waals surface area contributed by atoms with Crippen molar-refractivity contribution in [2.75, 3.05) is 6.61 Å². The fourth-order valence-corrected chi connectivity index (χ4v) is 1.79. The Morgan fingerprint density at radius 2 is 2.06 bits per heavy atom. The zero-order chi connectivity index (χ0) is 10.6. The molecule has 6 heteroatoms. The molecule has 0 aromatic carbocycles. The smallest absolute Gasteiger partial charge is 0.178 e. The molecule has 0 aliphatic carbocycles. The molecule has 0 aliphatic heterocycles. The summed E-state index contributed by atoms with van der Waals surface area (Å²) in [5.74, 6) is 0. The van der Waals surface area contributed by atoms with E-state index in [1.54, 1.807) is 0 Å². The minimum absolute atomic E-state index is 0. The van der Waals surface area contributed by atoms with E-state index in [1.165, 1.54) is 6.04 Å². The van der Waals surface area contributed by atoms with Gasteiger partial charge in [0.25, 0.3) is 0 Å². The van der Waals surface area contributed by atoms with Gasteiger partial charge in [-0.2, -0.15) is 0 Å². The Morgan fingerprint density at radius 3 is 2.50 bits per heavy atom. The Bertz CT molecular complexity index is 289. The van der Waals surface area contributed by atoms with Crippen molar-refractivity contribution in [2.24, 2.45) is 0 Å². The van der Waals surface area contributed by atoms with Crippen LogP contribution < -0.4 is 12.4 Å². The molecule has 0 N–H and O–H groups in total. The SMILES string of the molecule is Cc1cn(COCC[Si](C)(C)C)[c]n1.[Cl-].[Zn]. The molecular formula is C10H19ClN2OSiZn-. The van der Waals surface area contributed by atoms with Crippen LogP contribution >= 0.6 is 0 Å². The van der Waals surface area contributed by atoms with Crippen molar-refractivity contribution >= 4 is 8.07 Å². The fourth-order valence-electron chi connectivity index (χ4n) is 1.03. The summed E-state index contributed by atoms with van der Waals surface area (Å²) in [4.78, 5) is 4.01. The first-order valence-corrected chi connectivity index (χ1v) is 8.67. The molecule has 1 radical (unpaired) electrons. The van der Waals surface area contributed by atoms with Crippen molar-refractivity contribution in [3.8, 4) is 0 Å². The molecule has 89 valence electrons. The molecule has 1 aromatic rings. The minimum Gasteiger partial charge on any atom is -1.00 e. The standard InChI is InChI=1S/C10H19N2OSi.ClH.Zn/c1-10-7-12(8-11-10)9-13-5-6-14(2,3)4;;/h7H,5-6,9H2,1-4H3;1H;/p-1. The fraction of sp³-hybridized carbons (Fsp3) is 0.700. The summed E-state index contributed by atoms with van der Waals surface area (Å²) in [6.07, 6.45) is 4.80. The summed E-state index contributed by atoms with van der Waals surface area (Å²) in [6, 6.07) is 1.21. The Hall–Kier alpha value is 0.300. The van der Waals surface area contributed by atoms with Gasteiger partial charge in [-0.15, -0.1) is 0 Å². The predicted octanol–water partition coefficient (Wildman–Crippen LogP) is -0.694. The van der Waals surface area contributed by atoms with Gasteiger partial charge in [-0.3, -0.25) is 0 Å². The molecular weight excluding hydrogens is 293 g/mol. The van der Waals surface area contributed by atoms with Crippen molar-refractivity contribution in [2.45, 2.75) is 39.3 Å². The molecule has 1 rings (SSSR count). The number of ether oxygens (including phenoxy) is 1. The second-order valence-electron chi connectivity index (χ2n) is 4.80. The molecule has 0 bridgehead atoms. The van der Waals surface area contributed by atoms with Crippen molar-refractivity contribution in [3.63, 3.8) is 0 Å². The quantitative estimate of drug-likeness (QED) is 0.531. The van der Waals surface area contributed by atoms with Gasteiger partial charge in [0.15, 0.2) is 6.33 Å². The van der Waals surface area contributed by atoms with Crippen LogP contribution in [0.5, 0.6) is 0 Å². The monoisotopic (exact) mass is 310 g/mol. The summed E-state index contributed by atoms with van der Waals surface area (Å²) in [5, 5.41) is 0. The van der Waals surface area contributed by atoms with E-state index in [4.69, 9.17) is 4.74 Å². The van der Waals surface area contributed by atoms with Gasteiger partial charge in [0.1, 0.15) is 6.73 Å². The molecule has 1 aromatic heterocycles. The number of aromatic nitrogens is 2. The number of imidazole rings is 1. The summed E-state index contributed by atoms with van der Waals surface area (Å²) in [7, 11) is -0.950. The maximum absolute atomic E-state index is 5.54. The van der Waals surface area contributed by atoms with Crippen molar-refractivity contribution in [3.05, 3.63) is 18.2 Å². The molecule has 0 atom stereocenters. The first-order valence-electron chi connectivity index (χ1n) is 4.96. The molecule has 3 nitrogen and oxygen atoms in total. The zero-order valence-corrected chi connectivity index (χ0v) is 15.3. The van der Waals surface area contributed by atoms with Crippen LogP contribution in [0.3, 0.4) is 0 Å². The van der Waals surface area contributed by atoms with Gasteiger partial charge < -0.3 is 21.7 Å². The molecule has 0 spiro atoms. The van der Waals surface area contributed by atoms with Gasteiger partial charge in [0, 0.05) is 40.4 Å². The molecule has 0 amide bonds. The summed E-state index contributed by atoms with van der Waals surface area (Å²) in [5.41, 5.74) is 0.985. The Kier molecular flexibility index (Phi) is 9.80. The van der Waals surface area contributed by atoms with E-state index in [0.29, 0.717) is 6.73 Å². The van der Waals surface area contributed by atoms with E-state index >= 15 is 0 Å². The number of rotatable bonds is 5. The van der Waals surface area contributed by atoms with Crippen molar-refractivity contribution in [1.29, 1.82) is 0 Å². The van der Waals surface area contributed by atoms with Crippen LogP contribution in [0.1, 0.15) is 5.69 Å². The number of nitrogens with zero attached hydrogens (tertiary/aromatic N) is 2. The molecule has 1 heterocycles. The number of aryl methyl sites for hydroxylation is 1. The van der Waals surface area contributed by atoms with Crippen LogP contribution in [-0.4, -0.2) is 24.2 Å². The minimum atomic E-state index is -0.950. The van der Waals surface area contributed by atoms with Gasteiger partial charge in [0.2, 0.25) is 0 Å². The third-order valence-electron chi connectivity index (χ3n) is 1.92. The molecule has 0 aliphatic rings. The van der Waals surface area contributed by atoms with E-state index in [0.717, 1.165) is 12.3 Å². The number of hydrogen-bond donors (Lipinski definition) is 0. The summed E-state index contributed by atoms with van der Waals surface area (Å²) in [6.45, 7) is 10.4. The molecule has 0 fully saturated rings. The second-order valence-corrected chi connectivity index (χ2v) is 10.4. The van der Waals surface area contributed by atoms with Crippen LogP contribution in [0, 0.1) is 13.3 Å². The van der Waals surface area contributed by atoms with Gasteiger partial charge in [-0.1, -0.05) is 19.6 Å². The van der Waals surface area contributed by atoms with Crippen LogP contribution in [0.2, 0.25) is 25.7 Å². The largest absolute Gasteiger partial charge is 1.00 e. The van der Waals surface area contributed by atoms with Crippen LogP contribution in [-0.2, 0) is 30.9 Å². The van der Waals surface area contributed by atoms with Crippen molar-refractivity contribution in [1.82, 2.24) is 9.55 Å². The summed E-state index contributed by atoms with van der Waals surface area (Å²) < 4.78 is 7.38. The third kappa shape index (κ3) is 8.45. The number of halogens is 1. The average molecular weight is 312 g/mol. The van der Waals surface area contributed by atoms with Gasteiger partial charge in [-0.25, -0.2) is 4.98 Å². The van der Waals surface area contributed by atoms with E-state index in [2.05, 4.69) is 31.0 Å². The Labute approximate surface area is 118 Å².